The molecule has 5 nitrogen and oxygen atoms in total. The molecule has 21 heavy (non-hydrogen) atoms. The van der Waals surface area contributed by atoms with Crippen molar-refractivity contribution in [1.82, 2.24) is 9.78 Å². The standard InChI is InChI=1S/C16H12N2O3/c19-15-14-4-2-1-3-13(14)9-17-18(15)10-11-5-7-12(8-6-11)16(20)21/h1-9H,10H2,(H,20,21). The first-order valence-corrected chi connectivity index (χ1v) is 6.42. The number of hydrogen-bond acceptors (Lipinski definition) is 3. The van der Waals surface area contributed by atoms with E-state index < -0.39 is 5.97 Å². The van der Waals surface area contributed by atoms with Crippen LogP contribution in [0.1, 0.15) is 15.9 Å². The number of benzene rings is 2. The zero-order valence-electron chi connectivity index (χ0n) is 11.1. The van der Waals surface area contributed by atoms with E-state index in [1.54, 1.807) is 24.4 Å². The summed E-state index contributed by atoms with van der Waals surface area (Å²) in [6.07, 6.45) is 1.66. The monoisotopic (exact) mass is 280 g/mol. The number of carboxylic acid groups (broad SMARTS) is 1. The molecule has 3 aromatic rings. The van der Waals surface area contributed by atoms with Crippen LogP contribution in [0.2, 0.25) is 0 Å². The highest BCUT2D eigenvalue weighted by Crippen LogP contribution is 2.08. The van der Waals surface area contributed by atoms with Crippen LogP contribution in [0.4, 0.5) is 0 Å². The van der Waals surface area contributed by atoms with E-state index in [1.807, 2.05) is 18.2 Å². The van der Waals surface area contributed by atoms with E-state index >= 15 is 0 Å². The molecule has 0 aliphatic heterocycles. The van der Waals surface area contributed by atoms with E-state index in [-0.39, 0.29) is 11.1 Å². The van der Waals surface area contributed by atoms with Crippen molar-refractivity contribution in [2.24, 2.45) is 0 Å². The lowest BCUT2D eigenvalue weighted by Crippen LogP contribution is -2.23. The van der Waals surface area contributed by atoms with Gasteiger partial charge in [-0.25, -0.2) is 9.48 Å². The third-order valence-corrected chi connectivity index (χ3v) is 3.30. The number of fused-ring (bicyclic) bond motifs is 1. The number of carbonyl (C=O) groups is 1. The molecule has 104 valence electrons. The van der Waals surface area contributed by atoms with Gasteiger partial charge in [-0.1, -0.05) is 30.3 Å². The summed E-state index contributed by atoms with van der Waals surface area (Å²) in [6, 6.07) is 13.7. The third kappa shape index (κ3) is 2.53. The minimum Gasteiger partial charge on any atom is -0.478 e. The Morgan fingerprint density at radius 2 is 1.81 bits per heavy atom. The van der Waals surface area contributed by atoms with Crippen LogP contribution in [0.3, 0.4) is 0 Å². The van der Waals surface area contributed by atoms with Crippen LogP contribution in [0.5, 0.6) is 0 Å². The first-order chi connectivity index (χ1) is 10.1. The van der Waals surface area contributed by atoms with Gasteiger partial charge in [0.25, 0.3) is 5.56 Å². The van der Waals surface area contributed by atoms with Gasteiger partial charge in [0, 0.05) is 5.39 Å². The van der Waals surface area contributed by atoms with E-state index in [0.29, 0.717) is 11.9 Å². The fourth-order valence-corrected chi connectivity index (χ4v) is 2.17. The molecule has 0 saturated heterocycles. The van der Waals surface area contributed by atoms with Crippen LogP contribution >= 0.6 is 0 Å². The molecule has 0 aliphatic rings. The highest BCUT2D eigenvalue weighted by Gasteiger charge is 2.06. The second-order valence-electron chi connectivity index (χ2n) is 4.70. The summed E-state index contributed by atoms with van der Waals surface area (Å²) in [5, 5.41) is 14.4. The van der Waals surface area contributed by atoms with Crippen LogP contribution in [0.15, 0.2) is 59.5 Å². The summed E-state index contributed by atoms with van der Waals surface area (Å²) < 4.78 is 1.37. The Kier molecular flexibility index (Phi) is 3.23. The lowest BCUT2D eigenvalue weighted by molar-refractivity contribution is 0.0697. The quantitative estimate of drug-likeness (QED) is 0.797. The van der Waals surface area contributed by atoms with Crippen LogP contribution in [0, 0.1) is 0 Å². The summed E-state index contributed by atoms with van der Waals surface area (Å²) in [5.74, 6) is -0.970. The van der Waals surface area contributed by atoms with Gasteiger partial charge in [-0.2, -0.15) is 5.10 Å². The first kappa shape index (κ1) is 13.1. The predicted octanol–water partition coefficient (Wildman–Crippen LogP) is 2.14. The van der Waals surface area contributed by atoms with Crippen molar-refractivity contribution < 1.29 is 9.90 Å². The minimum absolute atomic E-state index is 0.157. The Balaban J connectivity index is 1.96. The molecule has 0 radical (unpaired) electrons. The molecule has 0 bridgehead atoms. The van der Waals surface area contributed by atoms with Crippen LogP contribution in [-0.4, -0.2) is 20.9 Å². The van der Waals surface area contributed by atoms with Gasteiger partial charge < -0.3 is 5.11 Å². The molecule has 0 spiro atoms. The van der Waals surface area contributed by atoms with Gasteiger partial charge >= 0.3 is 5.97 Å². The second-order valence-corrected chi connectivity index (χ2v) is 4.70. The Morgan fingerprint density at radius 3 is 2.52 bits per heavy atom. The normalized spacial score (nSPS) is 10.7. The van der Waals surface area contributed by atoms with Crippen LogP contribution < -0.4 is 5.56 Å². The van der Waals surface area contributed by atoms with E-state index in [1.165, 1.54) is 16.8 Å². The SMILES string of the molecule is O=C(O)c1ccc(Cn2ncc3ccccc3c2=O)cc1. The Hall–Kier alpha value is -2.95. The summed E-state index contributed by atoms with van der Waals surface area (Å²) in [4.78, 5) is 23.1. The number of carboxylic acids is 1. The second kappa shape index (κ2) is 5.20. The Bertz CT molecular complexity index is 867. The molecular weight excluding hydrogens is 268 g/mol. The molecular formula is C16H12N2O3. The van der Waals surface area contributed by atoms with Crippen LogP contribution in [-0.2, 0) is 6.54 Å². The van der Waals surface area contributed by atoms with Crippen molar-refractivity contribution in [2.75, 3.05) is 0 Å². The highest BCUT2D eigenvalue weighted by atomic mass is 16.4. The maximum atomic E-state index is 12.3. The van der Waals surface area contributed by atoms with Crippen molar-refractivity contribution in [3.8, 4) is 0 Å². The van der Waals surface area contributed by atoms with Gasteiger partial charge in [0.15, 0.2) is 0 Å². The Labute approximate surface area is 120 Å². The molecule has 1 heterocycles. The molecule has 0 fully saturated rings. The number of aromatic carboxylic acids is 1. The number of nitrogens with zero attached hydrogens (tertiary/aromatic N) is 2. The zero-order chi connectivity index (χ0) is 14.8. The third-order valence-electron chi connectivity index (χ3n) is 3.30. The lowest BCUT2D eigenvalue weighted by atomic mass is 10.1. The lowest BCUT2D eigenvalue weighted by Gasteiger charge is -2.06. The van der Waals surface area contributed by atoms with Gasteiger partial charge in [0.1, 0.15) is 0 Å². The molecule has 0 amide bonds. The largest absolute Gasteiger partial charge is 0.478 e. The maximum Gasteiger partial charge on any atom is 0.335 e. The van der Waals surface area contributed by atoms with Gasteiger partial charge in [-0.15, -0.1) is 0 Å². The topological polar surface area (TPSA) is 72.2 Å². The fourth-order valence-electron chi connectivity index (χ4n) is 2.17. The molecule has 3 rings (SSSR count). The molecule has 5 heteroatoms. The minimum atomic E-state index is -0.970. The van der Waals surface area contributed by atoms with E-state index in [4.69, 9.17) is 5.11 Å². The fraction of sp³-hybridized carbons (Fsp3) is 0.0625. The van der Waals surface area contributed by atoms with Gasteiger partial charge in [-0.05, 0) is 23.8 Å². The van der Waals surface area contributed by atoms with Crippen molar-refractivity contribution in [3.05, 3.63) is 76.2 Å². The van der Waals surface area contributed by atoms with Gasteiger partial charge in [0.2, 0.25) is 0 Å². The molecule has 0 aliphatic carbocycles. The summed E-state index contributed by atoms with van der Waals surface area (Å²) in [5.41, 5.74) is 0.887. The van der Waals surface area contributed by atoms with E-state index in [2.05, 4.69) is 5.10 Å². The van der Waals surface area contributed by atoms with Crippen molar-refractivity contribution >= 4 is 16.7 Å². The molecule has 0 atom stereocenters. The van der Waals surface area contributed by atoms with Gasteiger partial charge in [-0.3, -0.25) is 4.79 Å². The molecule has 1 aromatic heterocycles. The first-order valence-electron chi connectivity index (χ1n) is 6.42. The highest BCUT2D eigenvalue weighted by molar-refractivity contribution is 5.87. The van der Waals surface area contributed by atoms with E-state index in [9.17, 15) is 9.59 Å². The maximum absolute atomic E-state index is 12.3. The average Bonchev–Trinajstić information content (AvgIpc) is 2.51. The van der Waals surface area contributed by atoms with E-state index in [0.717, 1.165) is 10.9 Å². The average molecular weight is 280 g/mol. The molecule has 0 unspecified atom stereocenters. The molecule has 2 aromatic carbocycles. The number of rotatable bonds is 3. The van der Waals surface area contributed by atoms with Crippen molar-refractivity contribution in [3.63, 3.8) is 0 Å². The summed E-state index contributed by atoms with van der Waals surface area (Å²) >= 11 is 0. The van der Waals surface area contributed by atoms with Gasteiger partial charge in [0.05, 0.1) is 23.7 Å². The van der Waals surface area contributed by atoms with Crippen molar-refractivity contribution in [2.45, 2.75) is 6.54 Å². The smallest absolute Gasteiger partial charge is 0.335 e. The van der Waals surface area contributed by atoms with Crippen LogP contribution in [0.25, 0.3) is 10.8 Å². The molecule has 1 N–H and O–H groups in total. The predicted molar refractivity (Wildman–Crippen MR) is 78.5 cm³/mol. The molecule has 0 saturated carbocycles. The summed E-state index contributed by atoms with van der Waals surface area (Å²) in [7, 11) is 0. The number of aromatic nitrogens is 2. The summed E-state index contributed by atoms with van der Waals surface area (Å²) in [6.45, 7) is 0.309. The Morgan fingerprint density at radius 1 is 1.10 bits per heavy atom. The zero-order valence-corrected chi connectivity index (χ0v) is 11.1. The van der Waals surface area contributed by atoms with Crippen molar-refractivity contribution in [1.29, 1.82) is 0 Å². The number of hydrogen-bond donors (Lipinski definition) is 1.